The lowest BCUT2D eigenvalue weighted by atomic mass is 9.89. The lowest BCUT2D eigenvalue weighted by Crippen LogP contribution is -2.46. The molecule has 3 heteroatoms. The summed E-state index contributed by atoms with van der Waals surface area (Å²) in [6.07, 6.45) is 5.18. The van der Waals surface area contributed by atoms with Crippen LogP contribution in [0.25, 0.3) is 0 Å². The Morgan fingerprint density at radius 1 is 1.05 bits per heavy atom. The van der Waals surface area contributed by atoms with E-state index in [-0.39, 0.29) is 6.04 Å². The molecule has 1 aliphatic heterocycles. The highest BCUT2D eigenvalue weighted by atomic mass is 15.2. The minimum absolute atomic E-state index is 0.158. The van der Waals surface area contributed by atoms with Crippen LogP contribution in [-0.4, -0.2) is 49.6 Å². The summed E-state index contributed by atoms with van der Waals surface area (Å²) in [4.78, 5) is 4.89. The molecule has 0 bridgehead atoms. The van der Waals surface area contributed by atoms with Crippen LogP contribution in [0.3, 0.4) is 0 Å². The van der Waals surface area contributed by atoms with E-state index < -0.39 is 0 Å². The molecule has 1 saturated heterocycles. The van der Waals surface area contributed by atoms with Crippen molar-refractivity contribution in [2.45, 2.75) is 31.7 Å². The quantitative estimate of drug-likeness (QED) is 0.912. The number of hydrogen-bond acceptors (Lipinski definition) is 3. The molecule has 0 radical (unpaired) electrons. The molecule has 0 spiro atoms. The van der Waals surface area contributed by atoms with Gasteiger partial charge in [0.1, 0.15) is 0 Å². The fourth-order valence-corrected chi connectivity index (χ4v) is 3.40. The summed E-state index contributed by atoms with van der Waals surface area (Å²) in [6, 6.07) is 7.10. The Bertz CT molecular complexity index is 450. The number of aryl methyl sites for hydroxylation is 2. The zero-order valence-corrected chi connectivity index (χ0v) is 12.6. The van der Waals surface area contributed by atoms with Crippen LogP contribution < -0.4 is 5.73 Å². The van der Waals surface area contributed by atoms with Gasteiger partial charge in [-0.05, 0) is 49.4 Å². The Morgan fingerprint density at radius 3 is 2.50 bits per heavy atom. The molecular formula is C17H27N3. The first-order valence-electron chi connectivity index (χ1n) is 8.00. The largest absolute Gasteiger partial charge is 0.323 e. The molecule has 0 amide bonds. The number of likely N-dealkylation sites (N-methyl/N-ethyl adjacent to an activating group) is 1. The van der Waals surface area contributed by atoms with Gasteiger partial charge in [0, 0.05) is 38.8 Å². The zero-order chi connectivity index (χ0) is 13.9. The second-order valence-electron chi connectivity index (χ2n) is 6.45. The molecule has 3 nitrogen and oxygen atoms in total. The second-order valence-corrected chi connectivity index (χ2v) is 6.45. The number of benzene rings is 1. The number of rotatable bonds is 3. The molecule has 1 unspecified atom stereocenters. The van der Waals surface area contributed by atoms with Crippen LogP contribution in [-0.2, 0) is 12.8 Å². The maximum atomic E-state index is 6.44. The van der Waals surface area contributed by atoms with Gasteiger partial charge in [-0.25, -0.2) is 0 Å². The molecule has 1 aromatic rings. The monoisotopic (exact) mass is 273 g/mol. The molecule has 1 fully saturated rings. The Balaban J connectivity index is 1.63. The lowest BCUT2D eigenvalue weighted by molar-refractivity contribution is 0.147. The minimum atomic E-state index is 0.158. The van der Waals surface area contributed by atoms with Crippen LogP contribution in [0.2, 0.25) is 0 Å². The van der Waals surface area contributed by atoms with Crippen molar-refractivity contribution in [3.05, 3.63) is 34.9 Å². The Labute approximate surface area is 122 Å². The first-order valence-corrected chi connectivity index (χ1v) is 8.00. The minimum Gasteiger partial charge on any atom is -0.323 e. The molecule has 0 aromatic heterocycles. The van der Waals surface area contributed by atoms with E-state index in [0.717, 1.165) is 32.7 Å². The summed E-state index contributed by atoms with van der Waals surface area (Å²) >= 11 is 0. The molecule has 1 aromatic carbocycles. The maximum Gasteiger partial charge on any atom is 0.0424 e. The van der Waals surface area contributed by atoms with Crippen LogP contribution in [0.4, 0.5) is 0 Å². The summed E-state index contributed by atoms with van der Waals surface area (Å²) in [7, 11) is 2.20. The normalized spacial score (nSPS) is 22.5. The van der Waals surface area contributed by atoms with Crippen molar-refractivity contribution < 1.29 is 0 Å². The van der Waals surface area contributed by atoms with Crippen molar-refractivity contribution in [2.24, 2.45) is 5.73 Å². The van der Waals surface area contributed by atoms with Crippen molar-refractivity contribution in [1.82, 2.24) is 9.80 Å². The molecule has 0 saturated carbocycles. The van der Waals surface area contributed by atoms with Gasteiger partial charge in [0.25, 0.3) is 0 Å². The molecule has 1 atom stereocenters. The first kappa shape index (κ1) is 14.1. The van der Waals surface area contributed by atoms with Crippen LogP contribution >= 0.6 is 0 Å². The molecule has 3 rings (SSSR count). The summed E-state index contributed by atoms with van der Waals surface area (Å²) < 4.78 is 0. The summed E-state index contributed by atoms with van der Waals surface area (Å²) in [5.74, 6) is 0. The number of fused-ring (bicyclic) bond motifs is 1. The predicted octanol–water partition coefficient (Wildman–Crippen LogP) is 1.81. The second kappa shape index (κ2) is 6.25. The zero-order valence-electron chi connectivity index (χ0n) is 12.6. The van der Waals surface area contributed by atoms with Crippen LogP contribution in [0.5, 0.6) is 0 Å². The lowest BCUT2D eigenvalue weighted by Gasteiger charge is -2.34. The summed E-state index contributed by atoms with van der Waals surface area (Å²) in [5.41, 5.74) is 10.9. The molecule has 1 heterocycles. The Morgan fingerprint density at radius 2 is 1.75 bits per heavy atom. The van der Waals surface area contributed by atoms with Gasteiger partial charge >= 0.3 is 0 Å². The van der Waals surface area contributed by atoms with E-state index in [1.807, 2.05) is 0 Å². The summed E-state index contributed by atoms with van der Waals surface area (Å²) in [5, 5.41) is 0. The van der Waals surface area contributed by atoms with Gasteiger partial charge in [-0.15, -0.1) is 0 Å². The Kier molecular flexibility index (Phi) is 4.39. The number of hydrogen-bond donors (Lipinski definition) is 1. The van der Waals surface area contributed by atoms with E-state index in [1.165, 1.54) is 31.2 Å². The van der Waals surface area contributed by atoms with Gasteiger partial charge in [0.05, 0.1) is 0 Å². The average molecular weight is 273 g/mol. The SMILES string of the molecule is CN1CCN(CC(N)c2ccc3c(c2)CCCC3)CC1. The van der Waals surface area contributed by atoms with Gasteiger partial charge in [0.2, 0.25) is 0 Å². The fourth-order valence-electron chi connectivity index (χ4n) is 3.40. The topological polar surface area (TPSA) is 32.5 Å². The number of piperazine rings is 1. The van der Waals surface area contributed by atoms with Crippen molar-refractivity contribution in [3.8, 4) is 0 Å². The van der Waals surface area contributed by atoms with Gasteiger partial charge in [-0.3, -0.25) is 4.90 Å². The predicted molar refractivity (Wildman–Crippen MR) is 83.9 cm³/mol. The van der Waals surface area contributed by atoms with Crippen LogP contribution in [0.1, 0.15) is 35.6 Å². The molecule has 1 aliphatic carbocycles. The third-order valence-electron chi connectivity index (χ3n) is 4.85. The standard InChI is InChI=1S/C17H27N3/c1-19-8-10-20(11-9-19)13-17(18)16-7-6-14-4-2-3-5-15(14)12-16/h6-7,12,17H,2-5,8-11,13,18H2,1H3. The Hall–Kier alpha value is -0.900. The van der Waals surface area contributed by atoms with Crippen LogP contribution in [0, 0.1) is 0 Å². The molecule has 20 heavy (non-hydrogen) atoms. The van der Waals surface area contributed by atoms with E-state index in [4.69, 9.17) is 5.73 Å². The van der Waals surface area contributed by atoms with E-state index >= 15 is 0 Å². The fraction of sp³-hybridized carbons (Fsp3) is 0.647. The highest BCUT2D eigenvalue weighted by Crippen LogP contribution is 2.24. The maximum absolute atomic E-state index is 6.44. The molecule has 2 aliphatic rings. The van der Waals surface area contributed by atoms with E-state index in [2.05, 4.69) is 35.0 Å². The van der Waals surface area contributed by atoms with E-state index in [1.54, 1.807) is 11.1 Å². The smallest absolute Gasteiger partial charge is 0.0424 e. The van der Waals surface area contributed by atoms with Gasteiger partial charge in [-0.2, -0.15) is 0 Å². The number of nitrogens with two attached hydrogens (primary N) is 1. The van der Waals surface area contributed by atoms with E-state index in [9.17, 15) is 0 Å². The van der Waals surface area contributed by atoms with Crippen molar-refractivity contribution >= 4 is 0 Å². The highest BCUT2D eigenvalue weighted by Gasteiger charge is 2.18. The highest BCUT2D eigenvalue weighted by molar-refractivity contribution is 5.35. The van der Waals surface area contributed by atoms with Crippen molar-refractivity contribution in [2.75, 3.05) is 39.8 Å². The third-order valence-corrected chi connectivity index (χ3v) is 4.85. The molecule has 110 valence electrons. The summed E-state index contributed by atoms with van der Waals surface area (Å²) in [6.45, 7) is 5.62. The third kappa shape index (κ3) is 3.22. The van der Waals surface area contributed by atoms with Crippen molar-refractivity contribution in [1.29, 1.82) is 0 Å². The molecule has 2 N–H and O–H groups in total. The van der Waals surface area contributed by atoms with Gasteiger partial charge in [-0.1, -0.05) is 18.2 Å². The average Bonchev–Trinajstić information content (AvgIpc) is 2.49. The number of nitrogens with zero attached hydrogens (tertiary/aromatic N) is 2. The first-order chi connectivity index (χ1) is 9.72. The van der Waals surface area contributed by atoms with Gasteiger partial charge < -0.3 is 10.6 Å². The van der Waals surface area contributed by atoms with E-state index in [0.29, 0.717) is 0 Å². The molecular weight excluding hydrogens is 246 g/mol. The van der Waals surface area contributed by atoms with Gasteiger partial charge in [0.15, 0.2) is 0 Å². The van der Waals surface area contributed by atoms with Crippen LogP contribution in [0.15, 0.2) is 18.2 Å². The van der Waals surface area contributed by atoms with Crippen molar-refractivity contribution in [3.63, 3.8) is 0 Å².